The molecule has 1 fully saturated rings. The maximum Gasteiger partial charge on any atom is 0.321 e. The molecule has 1 aliphatic heterocycles. The second-order valence-electron chi connectivity index (χ2n) is 9.47. The smallest absolute Gasteiger partial charge is 0.321 e. The second kappa shape index (κ2) is 10.5. The zero-order chi connectivity index (χ0) is 24.8. The number of amides is 1. The summed E-state index contributed by atoms with van der Waals surface area (Å²) in [5, 5.41) is 2.86. The number of benzene rings is 2. The van der Waals surface area contributed by atoms with Crippen LogP contribution in [0.25, 0.3) is 0 Å². The van der Waals surface area contributed by atoms with E-state index in [9.17, 15) is 9.59 Å². The molecule has 35 heavy (non-hydrogen) atoms. The lowest BCUT2D eigenvalue weighted by molar-refractivity contribution is -0.160. The van der Waals surface area contributed by atoms with Gasteiger partial charge in [-0.25, -0.2) is 9.97 Å². The van der Waals surface area contributed by atoms with Crippen LogP contribution >= 0.6 is 0 Å². The molecular weight excluding hydrogens is 444 g/mol. The molecule has 0 aliphatic carbocycles. The van der Waals surface area contributed by atoms with Crippen LogP contribution in [-0.2, 0) is 9.53 Å². The van der Waals surface area contributed by atoms with Gasteiger partial charge in [0.25, 0.3) is 5.91 Å². The lowest BCUT2D eigenvalue weighted by Crippen LogP contribution is -2.38. The maximum atomic E-state index is 12.6. The molecule has 4 rings (SSSR count). The minimum atomic E-state index is -0.460. The molecule has 0 spiro atoms. The molecule has 0 saturated carbocycles. The highest BCUT2D eigenvalue weighted by Crippen LogP contribution is 2.26. The predicted molar refractivity (Wildman–Crippen MR) is 134 cm³/mol. The Morgan fingerprint density at radius 2 is 1.57 bits per heavy atom. The van der Waals surface area contributed by atoms with Crippen molar-refractivity contribution < 1.29 is 19.1 Å². The molecule has 1 aliphatic rings. The molecule has 0 unspecified atom stereocenters. The Balaban J connectivity index is 1.28. The number of piperidine rings is 1. The molecule has 2 aromatic carbocycles. The minimum Gasteiger partial charge on any atom is -0.460 e. The first-order valence-corrected chi connectivity index (χ1v) is 11.7. The number of nitrogens with one attached hydrogen (secondary N) is 1. The zero-order valence-corrected chi connectivity index (χ0v) is 20.2. The molecule has 0 atom stereocenters. The molecule has 1 amide bonds. The summed E-state index contributed by atoms with van der Waals surface area (Å²) in [4.78, 5) is 35.4. The molecule has 1 saturated heterocycles. The predicted octanol–water partition coefficient (Wildman–Crippen LogP) is 5.08. The highest BCUT2D eigenvalue weighted by atomic mass is 16.6. The number of hydrogen-bond acceptors (Lipinski definition) is 7. The number of esters is 1. The van der Waals surface area contributed by atoms with Gasteiger partial charge in [0, 0.05) is 36.9 Å². The van der Waals surface area contributed by atoms with Gasteiger partial charge in [0.1, 0.15) is 11.4 Å². The van der Waals surface area contributed by atoms with Crippen molar-refractivity contribution in [2.45, 2.75) is 39.2 Å². The average Bonchev–Trinajstić information content (AvgIpc) is 2.85. The topological polar surface area (TPSA) is 93.7 Å². The first-order chi connectivity index (χ1) is 16.8. The summed E-state index contributed by atoms with van der Waals surface area (Å²) in [5.74, 6) is 0.149. The highest BCUT2D eigenvalue weighted by molar-refractivity contribution is 6.03. The summed E-state index contributed by atoms with van der Waals surface area (Å²) in [6.07, 6.45) is 4.39. The summed E-state index contributed by atoms with van der Waals surface area (Å²) >= 11 is 0. The van der Waals surface area contributed by atoms with Gasteiger partial charge in [-0.3, -0.25) is 9.59 Å². The van der Waals surface area contributed by atoms with Crippen LogP contribution < -0.4 is 15.0 Å². The number of carbonyl (C=O) groups is 2. The van der Waals surface area contributed by atoms with Crippen molar-refractivity contribution in [3.63, 3.8) is 0 Å². The van der Waals surface area contributed by atoms with E-state index in [1.165, 1.54) is 12.4 Å². The SMILES string of the molecule is CC(C)(C)OC(=O)C1CCN(c2ccc(NC(=O)c3cnc(Oc4ccccc4)nc3)cc2)CC1. The van der Waals surface area contributed by atoms with E-state index in [0.29, 0.717) is 17.0 Å². The number of anilines is 2. The van der Waals surface area contributed by atoms with Crippen LogP contribution in [0.1, 0.15) is 44.0 Å². The Morgan fingerprint density at radius 3 is 2.17 bits per heavy atom. The Hall–Kier alpha value is -3.94. The summed E-state index contributed by atoms with van der Waals surface area (Å²) < 4.78 is 11.1. The monoisotopic (exact) mass is 474 g/mol. The number of hydrogen-bond donors (Lipinski definition) is 1. The maximum absolute atomic E-state index is 12.6. The molecular formula is C27H30N4O4. The van der Waals surface area contributed by atoms with Gasteiger partial charge in [0.05, 0.1) is 11.5 Å². The van der Waals surface area contributed by atoms with Crippen molar-refractivity contribution in [2.24, 2.45) is 5.92 Å². The minimum absolute atomic E-state index is 0.0595. The molecule has 8 nitrogen and oxygen atoms in total. The summed E-state index contributed by atoms with van der Waals surface area (Å²) in [6.45, 7) is 7.24. The van der Waals surface area contributed by atoms with E-state index in [2.05, 4.69) is 20.2 Å². The molecule has 3 aromatic rings. The van der Waals surface area contributed by atoms with Crippen molar-refractivity contribution in [3.05, 3.63) is 72.6 Å². The van der Waals surface area contributed by atoms with Gasteiger partial charge in [-0.15, -0.1) is 0 Å². The van der Waals surface area contributed by atoms with E-state index in [1.54, 1.807) is 12.1 Å². The Bertz CT molecular complexity index is 1130. The van der Waals surface area contributed by atoms with Crippen LogP contribution in [0.15, 0.2) is 67.0 Å². The Kier molecular flexibility index (Phi) is 7.29. The standard InChI is InChI=1S/C27H30N4O4/c1-27(2,3)35-25(33)19-13-15-31(16-14-19)22-11-9-21(10-12-22)30-24(32)20-17-28-26(29-18-20)34-23-7-5-4-6-8-23/h4-12,17-19H,13-16H2,1-3H3,(H,30,32). The third kappa shape index (κ3) is 6.79. The van der Waals surface area contributed by atoms with Crippen molar-refractivity contribution >= 4 is 23.3 Å². The number of para-hydroxylation sites is 1. The lowest BCUT2D eigenvalue weighted by Gasteiger charge is -2.34. The van der Waals surface area contributed by atoms with Gasteiger partial charge in [0.15, 0.2) is 0 Å². The summed E-state index contributed by atoms with van der Waals surface area (Å²) in [5.41, 5.74) is 1.60. The van der Waals surface area contributed by atoms with Crippen molar-refractivity contribution in [3.8, 4) is 11.8 Å². The molecule has 2 heterocycles. The average molecular weight is 475 g/mol. The van der Waals surface area contributed by atoms with Crippen molar-refractivity contribution in [2.75, 3.05) is 23.3 Å². The number of ether oxygens (including phenoxy) is 2. The van der Waals surface area contributed by atoms with Crippen molar-refractivity contribution in [1.82, 2.24) is 9.97 Å². The Morgan fingerprint density at radius 1 is 0.943 bits per heavy atom. The highest BCUT2D eigenvalue weighted by Gasteiger charge is 2.29. The first kappa shape index (κ1) is 24.2. The van der Waals surface area contributed by atoms with Gasteiger partial charge < -0.3 is 19.7 Å². The van der Waals surface area contributed by atoms with Crippen molar-refractivity contribution in [1.29, 1.82) is 0 Å². The van der Waals surface area contributed by atoms with E-state index in [4.69, 9.17) is 9.47 Å². The summed E-state index contributed by atoms with van der Waals surface area (Å²) in [7, 11) is 0. The third-order valence-corrected chi connectivity index (χ3v) is 5.57. The fraction of sp³-hybridized carbons (Fsp3) is 0.333. The van der Waals surface area contributed by atoms with E-state index in [-0.39, 0.29) is 23.8 Å². The lowest BCUT2D eigenvalue weighted by atomic mass is 9.96. The largest absolute Gasteiger partial charge is 0.460 e. The van der Waals surface area contributed by atoms with Gasteiger partial charge in [-0.1, -0.05) is 18.2 Å². The van der Waals surface area contributed by atoms with Gasteiger partial charge in [-0.05, 0) is 70.0 Å². The first-order valence-electron chi connectivity index (χ1n) is 11.7. The summed E-state index contributed by atoms with van der Waals surface area (Å²) in [6, 6.07) is 17.0. The van der Waals surface area contributed by atoms with Crippen LogP contribution in [-0.4, -0.2) is 40.5 Å². The van der Waals surface area contributed by atoms with E-state index in [0.717, 1.165) is 31.6 Å². The van der Waals surface area contributed by atoms with E-state index < -0.39 is 5.60 Å². The Labute approximate surface area is 205 Å². The van der Waals surface area contributed by atoms with Crippen LogP contribution in [0.5, 0.6) is 11.8 Å². The van der Waals surface area contributed by atoms with Crippen LogP contribution in [0.2, 0.25) is 0 Å². The fourth-order valence-electron chi connectivity index (χ4n) is 3.80. The normalized spacial score (nSPS) is 14.3. The molecule has 182 valence electrons. The molecule has 8 heteroatoms. The zero-order valence-electron chi connectivity index (χ0n) is 20.2. The van der Waals surface area contributed by atoms with Crippen LogP contribution in [0, 0.1) is 5.92 Å². The fourth-order valence-corrected chi connectivity index (χ4v) is 3.80. The quantitative estimate of drug-likeness (QED) is 0.498. The van der Waals surface area contributed by atoms with Crippen LogP contribution in [0.4, 0.5) is 11.4 Å². The van der Waals surface area contributed by atoms with E-state index in [1.807, 2.05) is 63.2 Å². The molecule has 0 radical (unpaired) electrons. The number of aromatic nitrogens is 2. The van der Waals surface area contributed by atoms with Gasteiger partial charge >= 0.3 is 12.0 Å². The second-order valence-corrected chi connectivity index (χ2v) is 9.47. The number of rotatable bonds is 6. The molecule has 1 N–H and O–H groups in total. The number of carbonyl (C=O) groups excluding carboxylic acids is 2. The van der Waals surface area contributed by atoms with Gasteiger partial charge in [-0.2, -0.15) is 0 Å². The van der Waals surface area contributed by atoms with E-state index >= 15 is 0 Å². The third-order valence-electron chi connectivity index (χ3n) is 5.57. The number of nitrogens with zero attached hydrogens (tertiary/aromatic N) is 3. The van der Waals surface area contributed by atoms with Gasteiger partial charge in [0.2, 0.25) is 0 Å². The van der Waals surface area contributed by atoms with Crippen LogP contribution in [0.3, 0.4) is 0 Å². The molecule has 0 bridgehead atoms. The molecule has 1 aromatic heterocycles.